The zero-order valence-corrected chi connectivity index (χ0v) is 19.5. The molecule has 1 unspecified atom stereocenters. The molecule has 2 aliphatic carbocycles. The van der Waals surface area contributed by atoms with E-state index in [-0.39, 0.29) is 7.92 Å². The Hall–Kier alpha value is -1.42. The summed E-state index contributed by atoms with van der Waals surface area (Å²) in [5, 5.41) is 12.0. The Kier molecular flexibility index (Phi) is 7.81. The number of rotatable bonds is 7. The average Bonchev–Trinajstić information content (AvgIpc) is 2.81. The Balaban J connectivity index is 1.74. The van der Waals surface area contributed by atoms with Gasteiger partial charge in [-0.05, 0) is 66.5 Å². The number of hydrogen-bond acceptors (Lipinski definition) is 2. The Morgan fingerprint density at radius 1 is 0.900 bits per heavy atom. The molecule has 4 rings (SSSR count). The zero-order chi connectivity index (χ0) is 20.8. The molecule has 160 valence electrons. The van der Waals surface area contributed by atoms with Crippen molar-refractivity contribution in [1.82, 2.24) is 4.90 Å². The summed E-state index contributed by atoms with van der Waals surface area (Å²) in [7, 11) is 2.16. The predicted octanol–water partition coefficient (Wildman–Crippen LogP) is 7.83. The summed E-state index contributed by atoms with van der Waals surface area (Å²) in [6, 6.07) is 18.4. The number of hydrogen-bond donors (Lipinski definition) is 0. The van der Waals surface area contributed by atoms with E-state index in [2.05, 4.69) is 60.5 Å². The number of nitrogens with zero attached hydrogens (tertiary/aromatic N) is 2. The molecule has 0 aromatic heterocycles. The van der Waals surface area contributed by atoms with Crippen molar-refractivity contribution in [1.29, 1.82) is 5.26 Å². The van der Waals surface area contributed by atoms with Gasteiger partial charge in [-0.1, -0.05) is 82.8 Å². The van der Waals surface area contributed by atoms with Crippen LogP contribution < -0.4 is 0 Å². The van der Waals surface area contributed by atoms with Crippen molar-refractivity contribution in [2.75, 3.05) is 13.6 Å². The molecule has 2 saturated carbocycles. The van der Waals surface area contributed by atoms with E-state index in [1.807, 2.05) is 0 Å². The summed E-state index contributed by atoms with van der Waals surface area (Å²) in [5.74, 6) is 0.490. The highest BCUT2D eigenvalue weighted by atomic mass is 31.1. The molecule has 2 nitrogen and oxygen atoms in total. The SMILES string of the molecule is CN(CCC#N)C(c1ccc2ccccc2c1)P(C1CCCCC1)C1CCCCC1. The third kappa shape index (κ3) is 5.07. The Bertz CT molecular complexity index is 827. The van der Waals surface area contributed by atoms with Crippen LogP contribution in [0.5, 0.6) is 0 Å². The van der Waals surface area contributed by atoms with Gasteiger partial charge in [0.1, 0.15) is 0 Å². The molecule has 0 aliphatic heterocycles. The van der Waals surface area contributed by atoms with E-state index in [1.54, 1.807) is 0 Å². The van der Waals surface area contributed by atoms with Gasteiger partial charge in [0.2, 0.25) is 0 Å². The smallest absolute Gasteiger partial charge is 0.0635 e. The molecule has 0 bridgehead atoms. The van der Waals surface area contributed by atoms with E-state index in [1.165, 1.54) is 80.5 Å². The van der Waals surface area contributed by atoms with Crippen molar-refractivity contribution >= 4 is 18.7 Å². The van der Waals surface area contributed by atoms with Crippen molar-refractivity contribution in [3.8, 4) is 6.07 Å². The second kappa shape index (κ2) is 10.7. The average molecular weight is 421 g/mol. The van der Waals surface area contributed by atoms with Crippen LogP contribution in [-0.2, 0) is 0 Å². The predicted molar refractivity (Wildman–Crippen MR) is 130 cm³/mol. The highest BCUT2D eigenvalue weighted by Crippen LogP contribution is 2.65. The van der Waals surface area contributed by atoms with Crippen LogP contribution in [0.2, 0.25) is 0 Å². The first-order valence-electron chi connectivity index (χ1n) is 12.1. The lowest BCUT2D eigenvalue weighted by molar-refractivity contribution is 0.314. The Morgan fingerprint density at radius 2 is 1.50 bits per heavy atom. The minimum Gasteiger partial charge on any atom is -0.295 e. The van der Waals surface area contributed by atoms with E-state index < -0.39 is 0 Å². The molecule has 1 atom stereocenters. The van der Waals surface area contributed by atoms with Gasteiger partial charge < -0.3 is 0 Å². The first kappa shape index (κ1) is 21.8. The number of benzene rings is 2. The lowest BCUT2D eigenvalue weighted by Crippen LogP contribution is -2.32. The van der Waals surface area contributed by atoms with Crippen molar-refractivity contribution in [2.24, 2.45) is 0 Å². The summed E-state index contributed by atoms with van der Waals surface area (Å²) in [5.41, 5.74) is 3.30. The summed E-state index contributed by atoms with van der Waals surface area (Å²) in [6.07, 6.45) is 14.9. The lowest BCUT2D eigenvalue weighted by Gasteiger charge is -2.46. The number of fused-ring (bicyclic) bond motifs is 1. The molecule has 0 spiro atoms. The molecule has 3 heteroatoms. The van der Waals surface area contributed by atoms with Crippen molar-refractivity contribution < 1.29 is 0 Å². The first-order chi connectivity index (χ1) is 14.8. The van der Waals surface area contributed by atoms with E-state index >= 15 is 0 Å². The fourth-order valence-electron chi connectivity index (χ4n) is 5.83. The first-order valence-corrected chi connectivity index (χ1v) is 13.7. The van der Waals surface area contributed by atoms with Crippen LogP contribution in [0.1, 0.15) is 82.0 Å². The molecule has 2 aromatic rings. The minimum atomic E-state index is -0.132. The van der Waals surface area contributed by atoms with Crippen LogP contribution in [0, 0.1) is 11.3 Å². The normalized spacial score (nSPS) is 19.9. The molecular weight excluding hydrogens is 383 g/mol. The third-order valence-corrected chi connectivity index (χ3v) is 11.3. The van der Waals surface area contributed by atoms with Crippen LogP contribution in [0.15, 0.2) is 42.5 Å². The van der Waals surface area contributed by atoms with Gasteiger partial charge >= 0.3 is 0 Å². The van der Waals surface area contributed by atoms with Crippen molar-refractivity contribution in [2.45, 2.75) is 87.7 Å². The van der Waals surface area contributed by atoms with Crippen LogP contribution in [-0.4, -0.2) is 29.8 Å². The van der Waals surface area contributed by atoms with E-state index in [0.717, 1.165) is 17.9 Å². The molecule has 30 heavy (non-hydrogen) atoms. The minimum absolute atomic E-state index is 0.132. The van der Waals surface area contributed by atoms with E-state index in [9.17, 15) is 5.26 Å². The summed E-state index contributed by atoms with van der Waals surface area (Å²) >= 11 is 0. The van der Waals surface area contributed by atoms with Gasteiger partial charge in [-0.25, -0.2) is 0 Å². The van der Waals surface area contributed by atoms with E-state index in [4.69, 9.17) is 0 Å². The zero-order valence-electron chi connectivity index (χ0n) is 18.6. The fourth-order valence-corrected chi connectivity index (χ4v) is 10.2. The quantitative estimate of drug-likeness (QED) is 0.427. The highest BCUT2D eigenvalue weighted by molar-refractivity contribution is 7.59. The molecule has 2 aliphatic rings. The molecule has 0 saturated heterocycles. The standard InChI is InChI=1S/C27H37N2P/c1-29(20-10-19-28)27(24-18-17-22-11-8-9-12-23(22)21-24)30(25-13-4-2-5-14-25)26-15-6-3-7-16-26/h8-9,11-12,17-18,21,25-27H,2-7,10,13-16,20H2,1H3. The van der Waals surface area contributed by atoms with Gasteiger partial charge in [0, 0.05) is 13.0 Å². The summed E-state index contributed by atoms with van der Waals surface area (Å²) in [6.45, 7) is 0.881. The Morgan fingerprint density at radius 3 is 2.10 bits per heavy atom. The van der Waals surface area contributed by atoms with Crippen LogP contribution in [0.3, 0.4) is 0 Å². The molecule has 0 heterocycles. The second-order valence-corrected chi connectivity index (χ2v) is 12.2. The maximum absolute atomic E-state index is 9.27. The van der Waals surface area contributed by atoms with Gasteiger partial charge in [-0.2, -0.15) is 5.26 Å². The molecule has 0 amide bonds. The van der Waals surface area contributed by atoms with Gasteiger partial charge in [0.25, 0.3) is 0 Å². The van der Waals surface area contributed by atoms with Crippen molar-refractivity contribution in [3.05, 3.63) is 48.0 Å². The summed E-state index contributed by atoms with van der Waals surface area (Å²) in [4.78, 5) is 2.56. The van der Waals surface area contributed by atoms with Crippen molar-refractivity contribution in [3.63, 3.8) is 0 Å². The van der Waals surface area contributed by atoms with Crippen LogP contribution >= 0.6 is 7.92 Å². The second-order valence-electron chi connectivity index (χ2n) is 9.40. The van der Waals surface area contributed by atoms with Gasteiger partial charge in [0.15, 0.2) is 0 Å². The van der Waals surface area contributed by atoms with Gasteiger partial charge in [-0.15, -0.1) is 0 Å². The molecule has 2 aromatic carbocycles. The van der Waals surface area contributed by atoms with Gasteiger partial charge in [-0.3, -0.25) is 4.90 Å². The highest BCUT2D eigenvalue weighted by Gasteiger charge is 2.38. The maximum atomic E-state index is 9.27. The van der Waals surface area contributed by atoms with Gasteiger partial charge in [0.05, 0.1) is 11.9 Å². The lowest BCUT2D eigenvalue weighted by atomic mass is 9.99. The topological polar surface area (TPSA) is 27.0 Å². The van der Waals surface area contributed by atoms with E-state index in [0.29, 0.717) is 12.2 Å². The Labute approximate surface area is 184 Å². The molecular formula is C27H37N2P. The summed E-state index contributed by atoms with van der Waals surface area (Å²) < 4.78 is 0. The van der Waals surface area contributed by atoms with Crippen LogP contribution in [0.25, 0.3) is 10.8 Å². The monoisotopic (exact) mass is 420 g/mol. The molecule has 0 radical (unpaired) electrons. The van der Waals surface area contributed by atoms with Crippen LogP contribution in [0.4, 0.5) is 0 Å². The third-order valence-electron chi connectivity index (χ3n) is 7.34. The largest absolute Gasteiger partial charge is 0.295 e. The maximum Gasteiger partial charge on any atom is 0.0635 e. The molecule has 0 N–H and O–H groups in total. The molecule has 2 fully saturated rings. The fraction of sp³-hybridized carbons (Fsp3) is 0.593. The number of nitriles is 1.